The van der Waals surface area contributed by atoms with E-state index < -0.39 is 21.8 Å². The highest BCUT2D eigenvalue weighted by atomic mass is 32.2. The summed E-state index contributed by atoms with van der Waals surface area (Å²) in [5.41, 5.74) is 1.77. The van der Waals surface area contributed by atoms with Crippen LogP contribution in [0.25, 0.3) is 5.57 Å². The van der Waals surface area contributed by atoms with E-state index in [1.54, 1.807) is 43.3 Å². The number of sulfonamides is 1. The molecule has 1 aliphatic heterocycles. The van der Waals surface area contributed by atoms with Crippen LogP contribution in [0.2, 0.25) is 0 Å². The Bertz CT molecular complexity index is 1280. The standard InChI is InChI=1S/C20H16N4O5S/c1-12-10-18(23-29-12)24-30(27,28)14-8-6-13(7-9-14)21-11-17-15-4-2-3-5-16(15)19(25)22-20(17)26/h2-11,21H,1H3,(H,23,24)(H,22,25,26)/b17-11-. The number of carbonyl (C=O) groups is 2. The molecule has 0 radical (unpaired) electrons. The van der Waals surface area contributed by atoms with E-state index in [1.807, 2.05) is 0 Å². The maximum absolute atomic E-state index is 12.4. The molecule has 0 bridgehead atoms. The Morgan fingerprint density at radius 1 is 1.00 bits per heavy atom. The van der Waals surface area contributed by atoms with Crippen molar-refractivity contribution in [2.24, 2.45) is 0 Å². The molecule has 0 unspecified atom stereocenters. The van der Waals surface area contributed by atoms with Gasteiger partial charge in [0.05, 0.1) is 10.5 Å². The van der Waals surface area contributed by atoms with Gasteiger partial charge in [-0.2, -0.15) is 0 Å². The van der Waals surface area contributed by atoms with Crippen LogP contribution < -0.4 is 15.4 Å². The molecule has 3 aromatic rings. The van der Waals surface area contributed by atoms with Crippen LogP contribution in [0.15, 0.2) is 70.2 Å². The van der Waals surface area contributed by atoms with Crippen molar-refractivity contribution in [1.82, 2.24) is 10.5 Å². The van der Waals surface area contributed by atoms with Crippen molar-refractivity contribution in [2.45, 2.75) is 11.8 Å². The number of amides is 2. The Kier molecular flexibility index (Phi) is 4.84. The fraction of sp³-hybridized carbons (Fsp3) is 0.0500. The number of aromatic nitrogens is 1. The van der Waals surface area contributed by atoms with E-state index in [2.05, 4.69) is 20.5 Å². The zero-order valence-corrected chi connectivity index (χ0v) is 16.5. The van der Waals surface area contributed by atoms with Crippen molar-refractivity contribution in [3.63, 3.8) is 0 Å². The Morgan fingerprint density at radius 2 is 1.70 bits per heavy atom. The van der Waals surface area contributed by atoms with Crippen LogP contribution in [0.1, 0.15) is 21.7 Å². The van der Waals surface area contributed by atoms with Crippen LogP contribution in [0.4, 0.5) is 11.5 Å². The lowest BCUT2D eigenvalue weighted by atomic mass is 9.96. The van der Waals surface area contributed by atoms with Gasteiger partial charge in [-0.1, -0.05) is 23.4 Å². The molecule has 2 heterocycles. The molecule has 9 nitrogen and oxygen atoms in total. The van der Waals surface area contributed by atoms with Crippen LogP contribution >= 0.6 is 0 Å². The summed E-state index contributed by atoms with van der Waals surface area (Å²) in [6, 6.07) is 14.2. The van der Waals surface area contributed by atoms with E-state index in [0.717, 1.165) is 0 Å². The summed E-state index contributed by atoms with van der Waals surface area (Å²) < 4.78 is 32.0. The highest BCUT2D eigenvalue weighted by Crippen LogP contribution is 2.24. The Hall–Kier alpha value is -3.92. The predicted octanol–water partition coefficient (Wildman–Crippen LogP) is 2.51. The number of carbonyl (C=O) groups excluding carboxylic acids is 2. The van der Waals surface area contributed by atoms with Crippen LogP contribution in [0, 0.1) is 6.92 Å². The number of aryl methyl sites for hydroxylation is 1. The van der Waals surface area contributed by atoms with Gasteiger partial charge >= 0.3 is 0 Å². The first-order valence-electron chi connectivity index (χ1n) is 8.81. The summed E-state index contributed by atoms with van der Waals surface area (Å²) in [5.74, 6) is -0.388. The normalized spacial score (nSPS) is 14.9. The fourth-order valence-electron chi connectivity index (χ4n) is 2.92. The topological polar surface area (TPSA) is 130 Å². The highest BCUT2D eigenvalue weighted by molar-refractivity contribution is 7.92. The molecule has 3 N–H and O–H groups in total. The number of imide groups is 1. The quantitative estimate of drug-likeness (QED) is 0.424. The van der Waals surface area contributed by atoms with Crippen molar-refractivity contribution in [3.05, 3.63) is 77.7 Å². The molecule has 10 heteroatoms. The maximum atomic E-state index is 12.4. The summed E-state index contributed by atoms with van der Waals surface area (Å²) in [4.78, 5) is 24.2. The molecule has 0 aliphatic carbocycles. The monoisotopic (exact) mass is 424 g/mol. The van der Waals surface area contributed by atoms with Gasteiger partial charge in [-0.05, 0) is 37.3 Å². The molecule has 0 saturated carbocycles. The predicted molar refractivity (Wildman–Crippen MR) is 109 cm³/mol. The average molecular weight is 424 g/mol. The summed E-state index contributed by atoms with van der Waals surface area (Å²) >= 11 is 0. The fourth-order valence-corrected chi connectivity index (χ4v) is 3.90. The number of hydrogen-bond donors (Lipinski definition) is 3. The first-order chi connectivity index (χ1) is 14.3. The number of rotatable bonds is 5. The first kappa shape index (κ1) is 19.4. The molecule has 2 amide bonds. The number of benzene rings is 2. The minimum Gasteiger partial charge on any atom is -0.361 e. The zero-order valence-electron chi connectivity index (χ0n) is 15.7. The van der Waals surface area contributed by atoms with Gasteiger partial charge in [0.1, 0.15) is 5.76 Å². The summed E-state index contributed by atoms with van der Waals surface area (Å²) in [6.07, 6.45) is 1.47. The van der Waals surface area contributed by atoms with Crippen molar-refractivity contribution in [1.29, 1.82) is 0 Å². The lowest BCUT2D eigenvalue weighted by Gasteiger charge is -2.18. The summed E-state index contributed by atoms with van der Waals surface area (Å²) in [6.45, 7) is 1.65. The largest absolute Gasteiger partial charge is 0.361 e. The van der Waals surface area contributed by atoms with Crippen LogP contribution in [-0.2, 0) is 14.8 Å². The second-order valence-electron chi connectivity index (χ2n) is 6.48. The summed E-state index contributed by atoms with van der Waals surface area (Å²) in [5, 5.41) is 8.85. The minimum absolute atomic E-state index is 0.0349. The number of nitrogens with zero attached hydrogens (tertiary/aromatic N) is 1. The average Bonchev–Trinajstić information content (AvgIpc) is 3.12. The maximum Gasteiger partial charge on any atom is 0.263 e. The third kappa shape index (κ3) is 3.80. The number of nitrogens with one attached hydrogen (secondary N) is 3. The van der Waals surface area contributed by atoms with Crippen molar-refractivity contribution >= 4 is 38.9 Å². The molecule has 4 rings (SSSR count). The molecule has 152 valence electrons. The van der Waals surface area contributed by atoms with E-state index in [4.69, 9.17) is 4.52 Å². The Morgan fingerprint density at radius 3 is 2.37 bits per heavy atom. The molecule has 1 aromatic heterocycles. The molecule has 0 atom stereocenters. The molecular weight excluding hydrogens is 408 g/mol. The SMILES string of the molecule is Cc1cc(NS(=O)(=O)c2ccc(N/C=C3\C(=O)NC(=O)c4ccccc43)cc2)no1. The second kappa shape index (κ2) is 7.48. The van der Waals surface area contributed by atoms with Crippen LogP contribution in [-0.4, -0.2) is 25.4 Å². The molecular formula is C20H16N4O5S. The molecule has 30 heavy (non-hydrogen) atoms. The molecule has 1 aliphatic rings. The zero-order chi connectivity index (χ0) is 21.3. The molecule has 0 saturated heterocycles. The van der Waals surface area contributed by atoms with Gasteiger partial charge in [0, 0.05) is 29.1 Å². The molecule has 0 fully saturated rings. The highest BCUT2D eigenvalue weighted by Gasteiger charge is 2.26. The minimum atomic E-state index is -3.82. The molecule has 2 aromatic carbocycles. The van der Waals surface area contributed by atoms with Gasteiger partial charge < -0.3 is 9.84 Å². The second-order valence-corrected chi connectivity index (χ2v) is 8.17. The van der Waals surface area contributed by atoms with Crippen molar-refractivity contribution < 1.29 is 22.5 Å². The van der Waals surface area contributed by atoms with Crippen LogP contribution in [0.5, 0.6) is 0 Å². The number of fused-ring (bicyclic) bond motifs is 1. The van der Waals surface area contributed by atoms with Crippen molar-refractivity contribution in [3.8, 4) is 0 Å². The lowest BCUT2D eigenvalue weighted by Crippen LogP contribution is -2.36. The van der Waals surface area contributed by atoms with Gasteiger partial charge in [-0.15, -0.1) is 0 Å². The number of anilines is 2. The van der Waals surface area contributed by atoms with E-state index in [-0.39, 0.29) is 10.7 Å². The molecule has 0 spiro atoms. The Labute approximate surface area is 171 Å². The van der Waals surface area contributed by atoms with Gasteiger partial charge in [0.2, 0.25) is 0 Å². The Balaban J connectivity index is 1.53. The van der Waals surface area contributed by atoms with Gasteiger partial charge in [0.25, 0.3) is 21.8 Å². The van der Waals surface area contributed by atoms with Gasteiger partial charge in [-0.3, -0.25) is 19.6 Å². The van der Waals surface area contributed by atoms with Crippen LogP contribution in [0.3, 0.4) is 0 Å². The third-order valence-electron chi connectivity index (χ3n) is 4.35. The van der Waals surface area contributed by atoms with Crippen molar-refractivity contribution in [2.75, 3.05) is 10.0 Å². The van der Waals surface area contributed by atoms with E-state index in [9.17, 15) is 18.0 Å². The number of hydrogen-bond acceptors (Lipinski definition) is 7. The van der Waals surface area contributed by atoms with Gasteiger partial charge in [-0.25, -0.2) is 8.42 Å². The van der Waals surface area contributed by atoms with Gasteiger partial charge in [0.15, 0.2) is 5.82 Å². The summed E-state index contributed by atoms with van der Waals surface area (Å²) in [7, 11) is -3.82. The van der Waals surface area contributed by atoms with E-state index in [0.29, 0.717) is 28.1 Å². The van der Waals surface area contributed by atoms with E-state index in [1.165, 1.54) is 24.4 Å². The third-order valence-corrected chi connectivity index (χ3v) is 5.72. The lowest BCUT2D eigenvalue weighted by molar-refractivity contribution is -0.114. The smallest absolute Gasteiger partial charge is 0.263 e. The first-order valence-corrected chi connectivity index (χ1v) is 10.3. The van der Waals surface area contributed by atoms with E-state index >= 15 is 0 Å².